The monoisotopic (exact) mass is 356 g/mol. The molecule has 1 amide bonds. The summed E-state index contributed by atoms with van der Waals surface area (Å²) in [5.74, 6) is -0.297. The number of carbonyl (C=O) groups is 1. The zero-order chi connectivity index (χ0) is 17.4. The third kappa shape index (κ3) is 6.29. The summed E-state index contributed by atoms with van der Waals surface area (Å²) in [6.45, 7) is 5.14. The van der Waals surface area contributed by atoms with Gasteiger partial charge in [0, 0.05) is 18.7 Å². The van der Waals surface area contributed by atoms with Gasteiger partial charge in [-0.3, -0.25) is 4.79 Å². The van der Waals surface area contributed by atoms with Gasteiger partial charge in [-0.05, 0) is 57.8 Å². The highest BCUT2D eigenvalue weighted by Gasteiger charge is 2.17. The minimum absolute atomic E-state index is 0.0140. The van der Waals surface area contributed by atoms with Gasteiger partial charge >= 0.3 is 0 Å². The Morgan fingerprint density at radius 3 is 3.00 bits per heavy atom. The normalized spacial score (nSPS) is 18.4. The maximum atomic E-state index is 13.0. The molecule has 0 radical (unpaired) electrons. The first-order chi connectivity index (χ1) is 11.6. The second-order valence-electron chi connectivity index (χ2n) is 6.30. The predicted molar refractivity (Wildman–Crippen MR) is 94.0 cm³/mol. The molecule has 1 unspecified atom stereocenters. The Balaban J connectivity index is 1.55. The zero-order valence-electron chi connectivity index (χ0n) is 14.2. The Bertz CT molecular complexity index is 542. The molecule has 1 aliphatic rings. The van der Waals surface area contributed by atoms with Crippen LogP contribution >= 0.6 is 11.6 Å². The highest BCUT2D eigenvalue weighted by atomic mass is 35.5. The highest BCUT2D eigenvalue weighted by molar-refractivity contribution is 6.30. The molecule has 1 N–H and O–H groups in total. The van der Waals surface area contributed by atoms with Gasteiger partial charge in [0.05, 0.1) is 5.02 Å². The molecule has 0 bridgehead atoms. The van der Waals surface area contributed by atoms with Crippen LogP contribution in [0.3, 0.4) is 0 Å². The average Bonchev–Trinajstić information content (AvgIpc) is 2.57. The lowest BCUT2D eigenvalue weighted by molar-refractivity contribution is -0.123. The van der Waals surface area contributed by atoms with Gasteiger partial charge in [-0.2, -0.15) is 0 Å². The Hall–Kier alpha value is -1.33. The zero-order valence-corrected chi connectivity index (χ0v) is 14.9. The molecule has 1 saturated heterocycles. The molecule has 1 aliphatic heterocycles. The van der Waals surface area contributed by atoms with E-state index in [1.807, 2.05) is 0 Å². The van der Waals surface area contributed by atoms with Gasteiger partial charge in [-0.25, -0.2) is 4.39 Å². The fraction of sp³-hybridized carbons (Fsp3) is 0.611. The summed E-state index contributed by atoms with van der Waals surface area (Å²) in [6, 6.07) is 4.72. The van der Waals surface area contributed by atoms with Crippen LogP contribution in [-0.4, -0.2) is 43.1 Å². The fourth-order valence-corrected chi connectivity index (χ4v) is 3.09. The summed E-state index contributed by atoms with van der Waals surface area (Å²) in [4.78, 5) is 14.3. The molecule has 0 aromatic heterocycles. The number of halogens is 2. The van der Waals surface area contributed by atoms with E-state index < -0.39 is 5.82 Å². The first-order valence-electron chi connectivity index (χ1n) is 8.65. The SMILES string of the molecule is CC1CCCCN1CCCCNC(=O)COc1ccc(F)c(Cl)c1. The lowest BCUT2D eigenvalue weighted by Gasteiger charge is -2.33. The summed E-state index contributed by atoms with van der Waals surface area (Å²) in [5, 5.41) is 2.82. The van der Waals surface area contributed by atoms with E-state index in [2.05, 4.69) is 17.1 Å². The van der Waals surface area contributed by atoms with Gasteiger partial charge in [0.2, 0.25) is 0 Å². The van der Waals surface area contributed by atoms with Crippen LogP contribution in [0.4, 0.5) is 4.39 Å². The number of unbranched alkanes of at least 4 members (excludes halogenated alkanes) is 1. The molecule has 1 aromatic rings. The van der Waals surface area contributed by atoms with Crippen molar-refractivity contribution in [2.75, 3.05) is 26.2 Å². The topological polar surface area (TPSA) is 41.6 Å². The molecular formula is C18H26ClFN2O2. The molecule has 1 fully saturated rings. The second-order valence-corrected chi connectivity index (χ2v) is 6.71. The number of amides is 1. The van der Waals surface area contributed by atoms with Crippen molar-refractivity contribution in [3.8, 4) is 5.75 Å². The van der Waals surface area contributed by atoms with Crippen LogP contribution in [0.15, 0.2) is 18.2 Å². The van der Waals surface area contributed by atoms with Crippen molar-refractivity contribution in [1.82, 2.24) is 10.2 Å². The molecule has 0 saturated carbocycles. The lowest BCUT2D eigenvalue weighted by Crippen LogP contribution is -2.38. The Labute approximate surface area is 148 Å². The van der Waals surface area contributed by atoms with Gasteiger partial charge in [-0.1, -0.05) is 18.0 Å². The number of rotatable bonds is 8. The second kappa shape index (κ2) is 9.84. The number of nitrogens with one attached hydrogen (secondary N) is 1. The van der Waals surface area contributed by atoms with Crippen LogP contribution in [0.5, 0.6) is 5.75 Å². The van der Waals surface area contributed by atoms with Crippen molar-refractivity contribution >= 4 is 17.5 Å². The molecular weight excluding hydrogens is 331 g/mol. The molecule has 134 valence electrons. The third-order valence-corrected chi connectivity index (χ3v) is 4.69. The minimum atomic E-state index is -0.503. The first kappa shape index (κ1) is 19.0. The van der Waals surface area contributed by atoms with E-state index in [4.69, 9.17) is 16.3 Å². The van der Waals surface area contributed by atoms with E-state index in [-0.39, 0.29) is 17.5 Å². The van der Waals surface area contributed by atoms with Crippen LogP contribution in [0.2, 0.25) is 5.02 Å². The van der Waals surface area contributed by atoms with Crippen LogP contribution in [0, 0.1) is 5.82 Å². The molecule has 1 aromatic carbocycles. The molecule has 0 spiro atoms. The number of ether oxygens (including phenoxy) is 1. The van der Waals surface area contributed by atoms with Crippen LogP contribution in [0.25, 0.3) is 0 Å². The number of benzene rings is 1. The Morgan fingerprint density at radius 1 is 1.42 bits per heavy atom. The summed E-state index contributed by atoms with van der Waals surface area (Å²) in [7, 11) is 0. The van der Waals surface area contributed by atoms with Gasteiger partial charge in [0.1, 0.15) is 11.6 Å². The van der Waals surface area contributed by atoms with E-state index in [1.54, 1.807) is 0 Å². The van der Waals surface area contributed by atoms with Crippen LogP contribution in [-0.2, 0) is 4.79 Å². The van der Waals surface area contributed by atoms with Crippen molar-refractivity contribution in [2.24, 2.45) is 0 Å². The molecule has 2 rings (SSSR count). The highest BCUT2D eigenvalue weighted by Crippen LogP contribution is 2.21. The van der Waals surface area contributed by atoms with E-state index in [0.717, 1.165) is 19.4 Å². The van der Waals surface area contributed by atoms with E-state index in [9.17, 15) is 9.18 Å². The molecule has 1 heterocycles. The molecule has 24 heavy (non-hydrogen) atoms. The largest absolute Gasteiger partial charge is 0.484 e. The quantitative estimate of drug-likeness (QED) is 0.723. The van der Waals surface area contributed by atoms with Gasteiger partial charge < -0.3 is 15.0 Å². The van der Waals surface area contributed by atoms with Crippen molar-refractivity contribution in [3.63, 3.8) is 0 Å². The van der Waals surface area contributed by atoms with Crippen LogP contribution in [0.1, 0.15) is 39.0 Å². The molecule has 6 heteroatoms. The van der Waals surface area contributed by atoms with Gasteiger partial charge in [-0.15, -0.1) is 0 Å². The van der Waals surface area contributed by atoms with Crippen molar-refractivity contribution in [3.05, 3.63) is 29.0 Å². The summed E-state index contributed by atoms with van der Waals surface area (Å²) in [5.41, 5.74) is 0. The maximum Gasteiger partial charge on any atom is 0.257 e. The average molecular weight is 357 g/mol. The maximum absolute atomic E-state index is 13.0. The number of hydrogen-bond donors (Lipinski definition) is 1. The minimum Gasteiger partial charge on any atom is -0.484 e. The van der Waals surface area contributed by atoms with Crippen LogP contribution < -0.4 is 10.1 Å². The summed E-state index contributed by atoms with van der Waals surface area (Å²) < 4.78 is 18.3. The number of piperidine rings is 1. The van der Waals surface area contributed by atoms with Crippen molar-refractivity contribution in [2.45, 2.75) is 45.1 Å². The predicted octanol–water partition coefficient (Wildman–Crippen LogP) is 3.63. The first-order valence-corrected chi connectivity index (χ1v) is 9.02. The standard InChI is InChI=1S/C18H26ClFN2O2/c1-14-6-2-4-10-22(14)11-5-3-9-21-18(23)13-24-15-7-8-17(20)16(19)12-15/h7-8,12,14H,2-6,9-11,13H2,1H3,(H,21,23). The van der Waals surface area contributed by atoms with E-state index >= 15 is 0 Å². The number of likely N-dealkylation sites (tertiary alicyclic amines) is 1. The van der Waals surface area contributed by atoms with E-state index in [1.165, 1.54) is 44.0 Å². The molecule has 4 nitrogen and oxygen atoms in total. The van der Waals surface area contributed by atoms with Crippen molar-refractivity contribution < 1.29 is 13.9 Å². The van der Waals surface area contributed by atoms with Crippen molar-refractivity contribution in [1.29, 1.82) is 0 Å². The number of carbonyl (C=O) groups excluding carboxylic acids is 1. The van der Waals surface area contributed by atoms with Gasteiger partial charge in [0.15, 0.2) is 6.61 Å². The molecule has 0 aliphatic carbocycles. The third-order valence-electron chi connectivity index (χ3n) is 4.40. The summed E-state index contributed by atoms with van der Waals surface area (Å²) >= 11 is 5.66. The smallest absolute Gasteiger partial charge is 0.257 e. The number of hydrogen-bond acceptors (Lipinski definition) is 3. The summed E-state index contributed by atoms with van der Waals surface area (Å²) in [6.07, 6.45) is 5.97. The lowest BCUT2D eigenvalue weighted by atomic mass is 10.0. The molecule has 1 atom stereocenters. The Kier molecular flexibility index (Phi) is 7.79. The fourth-order valence-electron chi connectivity index (χ4n) is 2.92. The Morgan fingerprint density at radius 2 is 2.25 bits per heavy atom. The van der Waals surface area contributed by atoms with Gasteiger partial charge in [0.25, 0.3) is 5.91 Å². The number of nitrogens with zero attached hydrogens (tertiary/aromatic N) is 1. The van der Waals surface area contributed by atoms with E-state index in [0.29, 0.717) is 18.3 Å².